The number of amides is 2. The number of piperidine rings is 1. The average molecular weight is 288 g/mol. The number of anilines is 1. The molecule has 21 heavy (non-hydrogen) atoms. The van der Waals surface area contributed by atoms with Gasteiger partial charge in [0.2, 0.25) is 5.96 Å². The van der Waals surface area contributed by atoms with Crippen molar-refractivity contribution in [2.75, 3.05) is 25.5 Å². The van der Waals surface area contributed by atoms with Gasteiger partial charge in [-0.3, -0.25) is 10.3 Å². The summed E-state index contributed by atoms with van der Waals surface area (Å²) in [5, 5.41) is 5.79. The number of hydrogen-bond donors (Lipinski definition) is 2. The van der Waals surface area contributed by atoms with Crippen LogP contribution in [-0.2, 0) is 0 Å². The Labute approximate surface area is 126 Å². The molecule has 0 atom stereocenters. The van der Waals surface area contributed by atoms with Gasteiger partial charge in [0.15, 0.2) is 0 Å². The van der Waals surface area contributed by atoms with Gasteiger partial charge in [-0.15, -0.1) is 0 Å². The Morgan fingerprint density at radius 3 is 2.33 bits per heavy atom. The van der Waals surface area contributed by atoms with E-state index in [1.165, 1.54) is 6.42 Å². The maximum atomic E-state index is 12.2. The molecule has 5 heteroatoms. The van der Waals surface area contributed by atoms with Crippen molar-refractivity contribution in [3.63, 3.8) is 0 Å². The molecule has 0 radical (unpaired) electrons. The number of hydrogen-bond acceptors (Lipinski definition) is 2. The molecule has 0 spiro atoms. The van der Waals surface area contributed by atoms with E-state index in [2.05, 4.69) is 20.5 Å². The van der Waals surface area contributed by atoms with Crippen molar-refractivity contribution in [1.82, 2.24) is 10.2 Å². The molecule has 1 aromatic rings. The van der Waals surface area contributed by atoms with Gasteiger partial charge in [0.1, 0.15) is 0 Å². The molecule has 114 valence electrons. The Bertz CT molecular complexity index is 513. The van der Waals surface area contributed by atoms with Gasteiger partial charge < -0.3 is 10.2 Å². The number of guanidine groups is 1. The molecule has 1 aliphatic rings. The fourth-order valence-electron chi connectivity index (χ4n) is 2.64. The van der Waals surface area contributed by atoms with Crippen molar-refractivity contribution in [3.05, 3.63) is 29.3 Å². The molecule has 2 N–H and O–H groups in total. The Hall–Kier alpha value is -2.04. The van der Waals surface area contributed by atoms with Crippen LogP contribution < -0.4 is 10.6 Å². The number of nitrogens with zero attached hydrogens (tertiary/aromatic N) is 2. The summed E-state index contributed by atoms with van der Waals surface area (Å²) >= 11 is 0. The molecule has 0 aliphatic carbocycles. The van der Waals surface area contributed by atoms with E-state index >= 15 is 0 Å². The fraction of sp³-hybridized carbons (Fsp3) is 0.500. The van der Waals surface area contributed by atoms with Crippen molar-refractivity contribution < 1.29 is 4.79 Å². The summed E-state index contributed by atoms with van der Waals surface area (Å²) in [5.74, 6) is 0.651. The van der Waals surface area contributed by atoms with E-state index < -0.39 is 0 Å². The molecule has 1 aliphatic heterocycles. The summed E-state index contributed by atoms with van der Waals surface area (Å²) in [6.07, 6.45) is 3.56. The number of benzene rings is 1. The quantitative estimate of drug-likeness (QED) is 0.616. The van der Waals surface area contributed by atoms with Crippen molar-refractivity contribution in [2.45, 2.75) is 33.1 Å². The third-order valence-corrected chi connectivity index (χ3v) is 3.81. The smallest absolute Gasteiger partial charge is 0.326 e. The van der Waals surface area contributed by atoms with E-state index in [1.807, 2.05) is 32.0 Å². The van der Waals surface area contributed by atoms with Crippen LogP contribution in [0.1, 0.15) is 30.4 Å². The first-order valence-corrected chi connectivity index (χ1v) is 7.48. The SMILES string of the molecule is CN=C(NC(=O)Nc1c(C)cccc1C)N1CCCCC1. The highest BCUT2D eigenvalue weighted by Gasteiger charge is 2.17. The normalized spacial score (nSPS) is 15.8. The van der Waals surface area contributed by atoms with Crippen LogP contribution in [0, 0.1) is 13.8 Å². The van der Waals surface area contributed by atoms with Gasteiger partial charge in [0, 0.05) is 25.8 Å². The lowest BCUT2D eigenvalue weighted by molar-refractivity contribution is 0.253. The molecule has 1 heterocycles. The fourth-order valence-corrected chi connectivity index (χ4v) is 2.64. The zero-order chi connectivity index (χ0) is 15.2. The Balaban J connectivity index is 2.00. The van der Waals surface area contributed by atoms with Gasteiger partial charge in [0.05, 0.1) is 0 Å². The topological polar surface area (TPSA) is 56.7 Å². The van der Waals surface area contributed by atoms with Crippen LogP contribution in [0.2, 0.25) is 0 Å². The number of aliphatic imine (C=N–C) groups is 1. The lowest BCUT2D eigenvalue weighted by atomic mass is 10.1. The minimum atomic E-state index is -0.237. The first-order valence-electron chi connectivity index (χ1n) is 7.48. The number of nitrogens with one attached hydrogen (secondary N) is 2. The van der Waals surface area contributed by atoms with Crippen LogP contribution in [0.5, 0.6) is 0 Å². The highest BCUT2D eigenvalue weighted by molar-refractivity contribution is 6.03. The van der Waals surface area contributed by atoms with Gasteiger partial charge in [-0.05, 0) is 44.2 Å². The number of carbonyl (C=O) groups excluding carboxylic acids is 1. The van der Waals surface area contributed by atoms with Gasteiger partial charge in [-0.2, -0.15) is 0 Å². The number of likely N-dealkylation sites (tertiary alicyclic amines) is 1. The van der Waals surface area contributed by atoms with Crippen LogP contribution in [0.25, 0.3) is 0 Å². The summed E-state index contributed by atoms with van der Waals surface area (Å²) < 4.78 is 0. The molecule has 1 fully saturated rings. The molecule has 5 nitrogen and oxygen atoms in total. The summed E-state index contributed by atoms with van der Waals surface area (Å²) in [7, 11) is 1.71. The molecular weight excluding hydrogens is 264 g/mol. The number of rotatable bonds is 1. The van der Waals surface area contributed by atoms with Crippen molar-refractivity contribution in [1.29, 1.82) is 0 Å². The number of aryl methyl sites for hydroxylation is 2. The Morgan fingerprint density at radius 1 is 1.14 bits per heavy atom. The maximum Gasteiger partial charge on any atom is 0.326 e. The predicted molar refractivity (Wildman–Crippen MR) is 86.9 cm³/mol. The van der Waals surface area contributed by atoms with Crippen molar-refractivity contribution >= 4 is 17.7 Å². The summed E-state index contributed by atoms with van der Waals surface area (Å²) in [6, 6.07) is 5.73. The monoisotopic (exact) mass is 288 g/mol. The highest BCUT2D eigenvalue weighted by atomic mass is 16.2. The predicted octanol–water partition coefficient (Wildman–Crippen LogP) is 2.90. The van der Waals surface area contributed by atoms with E-state index in [-0.39, 0.29) is 6.03 Å². The molecule has 0 unspecified atom stereocenters. The standard InChI is InChI=1S/C16H24N4O/c1-12-8-7-9-13(2)14(12)18-16(21)19-15(17-3)20-10-5-4-6-11-20/h7-9H,4-6,10-11H2,1-3H3,(H2,17,18,19,21). The van der Waals surface area contributed by atoms with Crippen LogP contribution in [-0.4, -0.2) is 37.0 Å². The third-order valence-electron chi connectivity index (χ3n) is 3.81. The molecule has 0 aromatic heterocycles. The van der Waals surface area contributed by atoms with Gasteiger partial charge in [-0.1, -0.05) is 18.2 Å². The highest BCUT2D eigenvalue weighted by Crippen LogP contribution is 2.19. The maximum absolute atomic E-state index is 12.2. The number of carbonyl (C=O) groups is 1. The van der Waals surface area contributed by atoms with Crippen LogP contribution in [0.4, 0.5) is 10.5 Å². The third kappa shape index (κ3) is 3.97. The minimum absolute atomic E-state index is 0.237. The second kappa shape index (κ2) is 7.11. The van der Waals surface area contributed by atoms with Gasteiger partial charge in [-0.25, -0.2) is 4.79 Å². The lowest BCUT2D eigenvalue weighted by Gasteiger charge is -2.29. The molecule has 0 saturated carbocycles. The zero-order valence-corrected chi connectivity index (χ0v) is 13.1. The minimum Gasteiger partial charge on any atom is -0.343 e. The van der Waals surface area contributed by atoms with E-state index in [0.717, 1.165) is 42.7 Å². The lowest BCUT2D eigenvalue weighted by Crippen LogP contribution is -2.47. The Kier molecular flexibility index (Phi) is 5.20. The van der Waals surface area contributed by atoms with Crippen LogP contribution >= 0.6 is 0 Å². The molecule has 0 bridgehead atoms. The summed E-state index contributed by atoms with van der Waals surface area (Å²) in [4.78, 5) is 18.5. The van der Waals surface area contributed by atoms with E-state index in [4.69, 9.17) is 0 Å². The zero-order valence-electron chi connectivity index (χ0n) is 13.1. The number of para-hydroxylation sites is 1. The van der Waals surface area contributed by atoms with Crippen LogP contribution in [0.15, 0.2) is 23.2 Å². The van der Waals surface area contributed by atoms with Crippen molar-refractivity contribution in [2.24, 2.45) is 4.99 Å². The first kappa shape index (κ1) is 15.4. The van der Waals surface area contributed by atoms with E-state index in [9.17, 15) is 4.79 Å². The second-order valence-electron chi connectivity index (χ2n) is 5.44. The van der Waals surface area contributed by atoms with E-state index in [1.54, 1.807) is 7.05 Å². The largest absolute Gasteiger partial charge is 0.343 e. The Morgan fingerprint density at radius 2 is 1.76 bits per heavy atom. The first-order chi connectivity index (χ1) is 10.1. The average Bonchev–Trinajstić information content (AvgIpc) is 2.49. The van der Waals surface area contributed by atoms with E-state index in [0.29, 0.717) is 5.96 Å². The molecular formula is C16H24N4O. The van der Waals surface area contributed by atoms with Crippen molar-refractivity contribution in [3.8, 4) is 0 Å². The summed E-state index contributed by atoms with van der Waals surface area (Å²) in [6.45, 7) is 5.89. The second-order valence-corrected chi connectivity index (χ2v) is 5.44. The molecule has 2 amide bonds. The van der Waals surface area contributed by atoms with Gasteiger partial charge >= 0.3 is 6.03 Å². The number of urea groups is 1. The van der Waals surface area contributed by atoms with Crippen LogP contribution in [0.3, 0.4) is 0 Å². The molecule has 1 aromatic carbocycles. The summed E-state index contributed by atoms with van der Waals surface area (Å²) in [5.41, 5.74) is 2.97. The molecule has 1 saturated heterocycles. The van der Waals surface area contributed by atoms with Gasteiger partial charge in [0.25, 0.3) is 0 Å². The molecule has 2 rings (SSSR count).